The normalized spacial score (nSPS) is 12.0. The van der Waals surface area contributed by atoms with Crippen LogP contribution in [0.1, 0.15) is 228 Å². The first-order chi connectivity index (χ1) is 61.2. The van der Waals surface area contributed by atoms with Crippen LogP contribution in [0.3, 0.4) is 0 Å². The van der Waals surface area contributed by atoms with Crippen molar-refractivity contribution < 1.29 is 33.4 Å². The Kier molecular flexibility index (Phi) is 36.8. The van der Waals surface area contributed by atoms with Gasteiger partial charge in [0, 0.05) is 116 Å². The lowest BCUT2D eigenvalue weighted by Gasteiger charge is -2.25. The smallest absolute Gasteiger partial charge is 0.257 e. The quantitative estimate of drug-likeness (QED) is 0.0278. The highest BCUT2D eigenvalue weighted by Crippen LogP contribution is 2.35. The molecule has 14 rings (SSSR count). The lowest BCUT2D eigenvalue weighted by Crippen LogP contribution is -2.34. The van der Waals surface area contributed by atoms with Gasteiger partial charge in [0.05, 0.1) is 46.0 Å². The molecular weight excluding hydrogens is 1710 g/mol. The zero-order valence-corrected chi connectivity index (χ0v) is 78.4. The molecule has 0 aliphatic heterocycles. The topological polar surface area (TPSA) is 244 Å². The van der Waals surface area contributed by atoms with Crippen LogP contribution in [0.2, 0.25) is 5.02 Å². The first kappa shape index (κ1) is 95.5. The second-order valence-electron chi connectivity index (χ2n) is 32.9. The fourth-order valence-electron chi connectivity index (χ4n) is 15.7. The minimum absolute atomic E-state index is 0.0326. The number of hydrogen-bond donors (Lipinski definition) is 1. The molecule has 1 saturated carbocycles. The Morgan fingerprint density at radius 3 is 1.55 bits per heavy atom. The van der Waals surface area contributed by atoms with Crippen LogP contribution < -0.4 is 19.5 Å². The van der Waals surface area contributed by atoms with Crippen molar-refractivity contribution in [3.05, 3.63) is 254 Å². The van der Waals surface area contributed by atoms with Crippen molar-refractivity contribution in [1.29, 1.82) is 0 Å². The molecule has 1 aliphatic rings. The Morgan fingerprint density at radius 1 is 0.492 bits per heavy atom. The molecule has 0 atom stereocenters. The lowest BCUT2D eigenvalue weighted by atomic mass is 10.0. The van der Waals surface area contributed by atoms with Crippen molar-refractivity contribution in [2.24, 2.45) is 11.8 Å². The summed E-state index contributed by atoms with van der Waals surface area (Å²) < 4.78 is 26.2. The zero-order valence-electron chi connectivity index (χ0n) is 75.5. The van der Waals surface area contributed by atoms with Crippen molar-refractivity contribution >= 4 is 102 Å². The van der Waals surface area contributed by atoms with Gasteiger partial charge in [-0.2, -0.15) is 0 Å². The second-order valence-corrected chi connectivity index (χ2v) is 34.6. The Morgan fingerprint density at radius 2 is 1.00 bits per heavy atom. The summed E-state index contributed by atoms with van der Waals surface area (Å²) in [6.45, 7) is 27.7. The summed E-state index contributed by atoms with van der Waals surface area (Å²) in [7, 11) is 4.94. The van der Waals surface area contributed by atoms with Crippen LogP contribution in [-0.4, -0.2) is 155 Å². The highest BCUT2D eigenvalue weighted by Gasteiger charge is 2.29. The number of methoxy groups -OCH3 is 2. The van der Waals surface area contributed by atoms with Gasteiger partial charge in [-0.1, -0.05) is 142 Å². The van der Waals surface area contributed by atoms with Gasteiger partial charge >= 0.3 is 0 Å². The predicted octanol–water partition coefficient (Wildman–Crippen LogP) is 20.9. The first-order valence-electron chi connectivity index (χ1n) is 44.8. The number of aryl methyl sites for hydroxylation is 4. The predicted molar refractivity (Wildman–Crippen MR) is 511 cm³/mol. The van der Waals surface area contributed by atoms with Gasteiger partial charge in [-0.3, -0.25) is 19.2 Å². The van der Waals surface area contributed by atoms with E-state index in [1.807, 2.05) is 161 Å². The number of pyridine rings is 4. The molecule has 1 aliphatic carbocycles. The number of carbonyl (C=O) groups excluding carboxylic acids is 4. The van der Waals surface area contributed by atoms with Gasteiger partial charge in [-0.15, -0.1) is 0 Å². The highest BCUT2D eigenvalue weighted by atomic mass is 127. The van der Waals surface area contributed by atoms with Crippen LogP contribution in [0.15, 0.2) is 189 Å². The van der Waals surface area contributed by atoms with Crippen molar-refractivity contribution in [2.75, 3.05) is 54.1 Å². The molecule has 0 radical (unpaired) electrons. The third-order valence-corrected chi connectivity index (χ3v) is 23.0. The Bertz CT molecular complexity index is 5650. The van der Waals surface area contributed by atoms with Crippen LogP contribution in [0.4, 0.5) is 0 Å². The number of benzene rings is 5. The summed E-state index contributed by atoms with van der Waals surface area (Å²) >= 11 is 8.31. The molecular formula is C100H125ClIN17O7. The second kappa shape index (κ2) is 48.5. The minimum atomic E-state index is -0.174. The van der Waals surface area contributed by atoms with Gasteiger partial charge in [-0.05, 0) is 231 Å². The summed E-state index contributed by atoms with van der Waals surface area (Å²) in [5.74, 6) is 6.34. The maximum atomic E-state index is 13.7. The van der Waals surface area contributed by atoms with Crippen molar-refractivity contribution in [3.63, 3.8) is 0 Å². The molecule has 0 saturated heterocycles. The van der Waals surface area contributed by atoms with Gasteiger partial charge in [-0.25, -0.2) is 39.9 Å². The third-order valence-electron chi connectivity index (χ3n) is 22.1. The van der Waals surface area contributed by atoms with E-state index in [0.29, 0.717) is 91.4 Å². The third kappa shape index (κ3) is 26.3. The zero-order chi connectivity index (χ0) is 89.4. The molecule has 0 spiro atoms. The number of imidazole rings is 4. The number of rotatable bonds is 39. The number of halogens is 2. The van der Waals surface area contributed by atoms with Gasteiger partial charge in [0.2, 0.25) is 0 Å². The van der Waals surface area contributed by atoms with Gasteiger partial charge in [0.1, 0.15) is 69.2 Å². The van der Waals surface area contributed by atoms with Gasteiger partial charge in [0.15, 0.2) is 22.6 Å². The van der Waals surface area contributed by atoms with E-state index in [-0.39, 0.29) is 23.6 Å². The molecule has 8 heterocycles. The Labute approximate surface area is 761 Å². The number of fused-ring (bicyclic) bond motifs is 4. The van der Waals surface area contributed by atoms with Crippen LogP contribution in [0.5, 0.6) is 17.2 Å². The summed E-state index contributed by atoms with van der Waals surface area (Å²) in [5.41, 5.74) is 12.1. The highest BCUT2D eigenvalue weighted by molar-refractivity contribution is 14.1. The van der Waals surface area contributed by atoms with E-state index < -0.39 is 0 Å². The van der Waals surface area contributed by atoms with E-state index in [4.69, 9.17) is 40.8 Å². The molecule has 1 fully saturated rings. The van der Waals surface area contributed by atoms with Crippen molar-refractivity contribution in [1.82, 2.24) is 83.1 Å². The minimum Gasteiger partial charge on any atom is -0.497 e. The molecule has 126 heavy (non-hydrogen) atoms. The molecule has 5 aromatic carbocycles. The van der Waals surface area contributed by atoms with Crippen LogP contribution in [0, 0.1) is 15.4 Å². The van der Waals surface area contributed by atoms with Crippen LogP contribution in [0.25, 0.3) is 44.7 Å². The van der Waals surface area contributed by atoms with Crippen molar-refractivity contribution in [2.45, 2.75) is 211 Å². The van der Waals surface area contributed by atoms with E-state index in [1.165, 1.54) is 50.3 Å². The standard InChI is InChI=1S/C31H39N5O3.C27H38N4O.C23H27IN4O.C19H21ClN4O2/c1-5-17-36-29(34-28-10-7-15-33-30(28)36)22-35(21-23(2)3)31(37)25-8-6-9-27(19-25)39-18-16-32-20-24-11-13-26(38-4)14-12-24;1-5-7-8-10-22-12-14-23(15-13-22)27(32)30(19-16-21(3)4)20-25-29-24-11-9-17-28-26(24)31(25)18-6-2;1-2-3-14-27(23(29)17-8-6-9-18(24)15-17)16-21-26-20-12-7-13-25-22(20)28(21)19-10-4-5-11-19;1-4-10-24-17(22-15-6-5-9-21-18(15)24)12-23(2)19(25)14-11-13(20)7-8-16(14)26-3/h6-15,19,23,32H,5,16-18,20-22H2,1-4H3;9,11-15,17,21H,5-8,10,16,18-20H2,1-4H3;6-9,12-13,15,19H,2-5,10-11,14,16H2,1H3;5-9,11H,4,10,12H2,1-3H3. The number of nitrogens with zero attached hydrogens (tertiary/aromatic N) is 16. The molecule has 8 aromatic heterocycles. The maximum Gasteiger partial charge on any atom is 0.257 e. The van der Waals surface area contributed by atoms with Crippen molar-refractivity contribution in [3.8, 4) is 17.2 Å². The molecule has 4 amide bonds. The fourth-order valence-corrected chi connectivity index (χ4v) is 16.4. The van der Waals surface area contributed by atoms with Gasteiger partial charge < -0.3 is 57.4 Å². The largest absolute Gasteiger partial charge is 0.497 e. The summed E-state index contributed by atoms with van der Waals surface area (Å²) in [6.07, 6.45) is 22.7. The molecule has 24 nitrogen and oxygen atoms in total. The number of carbonyl (C=O) groups is 4. The molecule has 13 aromatic rings. The number of nitrogens with one attached hydrogen (secondary N) is 1. The fraction of sp³-hybridized carbons (Fsp3) is 0.420. The molecule has 666 valence electrons. The van der Waals surface area contributed by atoms with Gasteiger partial charge in [0.25, 0.3) is 23.6 Å². The number of amides is 4. The summed E-state index contributed by atoms with van der Waals surface area (Å²) in [4.78, 5) is 98.2. The van der Waals surface area contributed by atoms with E-state index in [1.54, 1.807) is 49.7 Å². The van der Waals surface area contributed by atoms with E-state index in [2.05, 4.69) is 146 Å². The average molecular weight is 1840 g/mol. The van der Waals surface area contributed by atoms with Crippen LogP contribution >= 0.6 is 34.2 Å². The SMILES string of the molecule is CCCCCc1ccc(C(=O)N(CCC(C)C)Cc2nc3cccnc3n2CCC)cc1.CCCCN(Cc1nc2cccnc2n1C1CCCC1)C(=O)c1cccc(I)c1.CCCn1c(CN(C)C(=O)c2cc(Cl)ccc2OC)nc2cccnc21.CCCn1c(CN(CC(C)C)C(=O)c2cccc(OCCNCc3ccc(OC)cc3)c2)nc2cccnc21. The number of ether oxygens (including phenoxy) is 3. The molecule has 1 N–H and O–H groups in total. The first-order valence-corrected chi connectivity index (χ1v) is 46.3. The lowest BCUT2D eigenvalue weighted by molar-refractivity contribution is 0.0712. The summed E-state index contributed by atoms with van der Waals surface area (Å²) in [5, 5.41) is 3.88. The number of hydrogen-bond acceptors (Lipinski definition) is 16. The monoisotopic (exact) mass is 1840 g/mol. The average Bonchev–Trinajstić information content (AvgIpc) is 1.64. The summed E-state index contributed by atoms with van der Waals surface area (Å²) in [6, 6.07) is 52.4. The van der Waals surface area contributed by atoms with E-state index >= 15 is 0 Å². The Balaban J connectivity index is 0.000000165. The van der Waals surface area contributed by atoms with Crippen LogP contribution in [-0.2, 0) is 58.8 Å². The van der Waals surface area contributed by atoms with E-state index in [0.717, 1.165) is 185 Å². The number of unbranched alkanes of at least 4 members (excludes halogenated alkanes) is 3. The molecule has 0 bridgehead atoms. The molecule has 26 heteroatoms. The number of aromatic nitrogens is 12. The Hall–Kier alpha value is -11.2. The van der Waals surface area contributed by atoms with E-state index in [9.17, 15) is 19.2 Å². The maximum absolute atomic E-state index is 13.7. The molecule has 0 unspecified atom stereocenters.